The first kappa shape index (κ1) is 29.4. The summed E-state index contributed by atoms with van der Waals surface area (Å²) in [7, 11) is 0. The lowest BCUT2D eigenvalue weighted by Gasteiger charge is -2.11. The van der Waals surface area contributed by atoms with Crippen molar-refractivity contribution in [1.29, 1.82) is 0 Å². The van der Waals surface area contributed by atoms with E-state index in [9.17, 15) is 0 Å². The molecule has 4 heterocycles. The van der Waals surface area contributed by atoms with Gasteiger partial charge in [-0.3, -0.25) is 0 Å². The third-order valence-corrected chi connectivity index (χ3v) is 9.91. The predicted molar refractivity (Wildman–Crippen MR) is 211 cm³/mol. The van der Waals surface area contributed by atoms with Crippen LogP contribution < -0.4 is 0 Å². The molecule has 53 heavy (non-hydrogen) atoms. The molecule has 0 N–H and O–H groups in total. The van der Waals surface area contributed by atoms with Crippen LogP contribution in [0.2, 0.25) is 0 Å². The maximum absolute atomic E-state index is 6.40. The van der Waals surface area contributed by atoms with Gasteiger partial charge >= 0.3 is 0 Å². The third-order valence-electron chi connectivity index (χ3n) is 9.91. The van der Waals surface area contributed by atoms with Crippen LogP contribution in [0.3, 0.4) is 0 Å². The van der Waals surface area contributed by atoms with Crippen LogP contribution in [0, 0.1) is 0 Å². The smallest absolute Gasteiger partial charge is 0.227 e. The summed E-state index contributed by atoms with van der Waals surface area (Å²) in [6.45, 7) is 0. The largest absolute Gasteiger partial charge is 0.455 e. The summed E-state index contributed by atoms with van der Waals surface area (Å²) in [5.41, 5.74) is 9.89. The molecule has 0 aliphatic rings. The molecule has 0 spiro atoms. The van der Waals surface area contributed by atoms with Crippen LogP contribution in [0.25, 0.3) is 106 Å². The van der Waals surface area contributed by atoms with Crippen LogP contribution >= 0.6 is 0 Å². The zero-order chi connectivity index (χ0) is 34.9. The van der Waals surface area contributed by atoms with E-state index < -0.39 is 0 Å². The van der Waals surface area contributed by atoms with Crippen molar-refractivity contribution in [2.24, 2.45) is 0 Å². The number of aromatic nitrogens is 5. The summed E-state index contributed by atoms with van der Waals surface area (Å²) in [6, 6.07) is 55.4. The van der Waals surface area contributed by atoms with Crippen LogP contribution in [0.5, 0.6) is 0 Å². The van der Waals surface area contributed by atoms with Gasteiger partial charge in [0.15, 0.2) is 23.1 Å². The molecule has 4 aromatic heterocycles. The Hall–Kier alpha value is -7.38. The highest BCUT2D eigenvalue weighted by molar-refractivity contribution is 6.10. The Labute approximate surface area is 302 Å². The lowest BCUT2D eigenvalue weighted by atomic mass is 10.1. The maximum Gasteiger partial charge on any atom is 0.227 e. The van der Waals surface area contributed by atoms with E-state index >= 15 is 0 Å². The number of fused-ring (bicyclic) bond motifs is 7. The molecule has 0 saturated heterocycles. The topological polar surface area (TPSA) is 82.8 Å². The monoisotopic (exact) mass is 681 g/mol. The van der Waals surface area contributed by atoms with E-state index in [0.717, 1.165) is 77.4 Å². The van der Waals surface area contributed by atoms with Gasteiger partial charge in [0.25, 0.3) is 0 Å². The van der Waals surface area contributed by atoms with Crippen molar-refractivity contribution >= 4 is 54.8 Å². The fourth-order valence-electron chi connectivity index (χ4n) is 7.40. The second-order valence-electron chi connectivity index (χ2n) is 13.1. The van der Waals surface area contributed by atoms with Crippen molar-refractivity contribution in [2.45, 2.75) is 0 Å². The summed E-state index contributed by atoms with van der Waals surface area (Å²) in [5, 5.41) is 4.41. The highest BCUT2D eigenvalue weighted by atomic mass is 16.3. The average molecular weight is 682 g/mol. The van der Waals surface area contributed by atoms with Crippen LogP contribution in [0.1, 0.15) is 0 Å². The normalized spacial score (nSPS) is 11.8. The molecule has 7 aromatic carbocycles. The van der Waals surface area contributed by atoms with E-state index in [0.29, 0.717) is 23.4 Å². The van der Waals surface area contributed by atoms with Crippen molar-refractivity contribution in [3.8, 4) is 51.3 Å². The Morgan fingerprint density at radius 1 is 0.396 bits per heavy atom. The quantitative estimate of drug-likeness (QED) is 0.180. The highest BCUT2D eigenvalue weighted by Crippen LogP contribution is 2.38. The second kappa shape index (κ2) is 11.6. The summed E-state index contributed by atoms with van der Waals surface area (Å²) < 4.78 is 14.8. The predicted octanol–water partition coefficient (Wildman–Crippen LogP) is 11.7. The van der Waals surface area contributed by atoms with Crippen LogP contribution in [-0.2, 0) is 0 Å². The minimum atomic E-state index is 0.553. The van der Waals surface area contributed by atoms with Gasteiger partial charge in [0.1, 0.15) is 16.7 Å². The van der Waals surface area contributed by atoms with Gasteiger partial charge in [-0.2, -0.15) is 0 Å². The van der Waals surface area contributed by atoms with E-state index in [-0.39, 0.29) is 0 Å². The molecule has 7 heteroatoms. The van der Waals surface area contributed by atoms with Gasteiger partial charge in [-0.1, -0.05) is 97.1 Å². The molecule has 0 aliphatic heterocycles. The number of rotatable bonds is 5. The summed E-state index contributed by atoms with van der Waals surface area (Å²) in [5.74, 6) is 2.32. The van der Waals surface area contributed by atoms with Gasteiger partial charge in [0.05, 0.1) is 16.6 Å². The van der Waals surface area contributed by atoms with Crippen LogP contribution in [0.15, 0.2) is 173 Å². The zero-order valence-electron chi connectivity index (χ0n) is 28.1. The molecule has 0 atom stereocenters. The molecule has 0 bridgehead atoms. The molecule has 11 aromatic rings. The molecular weight excluding hydrogens is 655 g/mol. The number of furan rings is 1. The molecule has 11 rings (SSSR count). The fraction of sp³-hybridized carbons (Fsp3) is 0. The van der Waals surface area contributed by atoms with Crippen molar-refractivity contribution < 1.29 is 8.83 Å². The molecule has 248 valence electrons. The summed E-state index contributed by atoms with van der Waals surface area (Å²) in [4.78, 5) is 19.8. The van der Waals surface area contributed by atoms with Gasteiger partial charge in [0, 0.05) is 43.9 Å². The lowest BCUT2D eigenvalue weighted by Crippen LogP contribution is -2.01. The lowest BCUT2D eigenvalue weighted by molar-refractivity contribution is 0.620. The molecule has 0 saturated carbocycles. The number of benzene rings is 7. The molecule has 0 fully saturated rings. The average Bonchev–Trinajstić information content (AvgIpc) is 3.93. The highest BCUT2D eigenvalue weighted by Gasteiger charge is 2.19. The molecule has 7 nitrogen and oxygen atoms in total. The van der Waals surface area contributed by atoms with E-state index in [1.165, 1.54) is 5.39 Å². The fourth-order valence-corrected chi connectivity index (χ4v) is 7.40. The van der Waals surface area contributed by atoms with Gasteiger partial charge in [-0.15, -0.1) is 0 Å². The van der Waals surface area contributed by atoms with Gasteiger partial charge in [0.2, 0.25) is 5.89 Å². The van der Waals surface area contributed by atoms with Crippen molar-refractivity contribution in [1.82, 2.24) is 24.5 Å². The van der Waals surface area contributed by atoms with E-state index in [1.807, 2.05) is 84.9 Å². The van der Waals surface area contributed by atoms with Crippen LogP contribution in [0.4, 0.5) is 0 Å². The number of hydrogen-bond acceptors (Lipinski definition) is 6. The Kier molecular flexibility index (Phi) is 6.42. The van der Waals surface area contributed by atoms with Crippen molar-refractivity contribution in [2.75, 3.05) is 0 Å². The Balaban J connectivity index is 1.06. The first-order valence-corrected chi connectivity index (χ1v) is 17.5. The first-order chi connectivity index (χ1) is 26.2. The second-order valence-corrected chi connectivity index (χ2v) is 13.1. The SMILES string of the molecule is c1ccc(-c2nc(-c3ccc(-n4c5ccccc5c5ccc(-c6nc7ccccc7o6)cc54)cc3)nc(-c3cccc4c3oc3ccccc34)n2)cc1. The molecule has 0 amide bonds. The van der Waals surface area contributed by atoms with E-state index in [2.05, 4.69) is 83.4 Å². The summed E-state index contributed by atoms with van der Waals surface area (Å²) >= 11 is 0. The third kappa shape index (κ3) is 4.75. The minimum Gasteiger partial charge on any atom is -0.455 e. The van der Waals surface area contributed by atoms with Crippen molar-refractivity contribution in [3.05, 3.63) is 164 Å². The zero-order valence-corrected chi connectivity index (χ0v) is 28.1. The van der Waals surface area contributed by atoms with Crippen molar-refractivity contribution in [3.63, 3.8) is 0 Å². The molecular formula is C46H27N5O2. The molecule has 0 aliphatic carbocycles. The minimum absolute atomic E-state index is 0.553. The Morgan fingerprint density at radius 3 is 1.87 bits per heavy atom. The Bertz CT molecular complexity index is 3140. The summed E-state index contributed by atoms with van der Waals surface area (Å²) in [6.07, 6.45) is 0. The number of para-hydroxylation sites is 5. The van der Waals surface area contributed by atoms with Gasteiger partial charge < -0.3 is 13.4 Å². The number of hydrogen-bond donors (Lipinski definition) is 0. The van der Waals surface area contributed by atoms with Crippen LogP contribution in [-0.4, -0.2) is 24.5 Å². The molecule has 0 unspecified atom stereocenters. The Morgan fingerprint density at radius 2 is 1.04 bits per heavy atom. The van der Waals surface area contributed by atoms with Gasteiger partial charge in [-0.25, -0.2) is 19.9 Å². The van der Waals surface area contributed by atoms with Gasteiger partial charge in [-0.05, 0) is 66.7 Å². The molecule has 0 radical (unpaired) electrons. The number of oxazole rings is 1. The van der Waals surface area contributed by atoms with E-state index in [4.69, 9.17) is 28.8 Å². The maximum atomic E-state index is 6.40. The first-order valence-electron chi connectivity index (χ1n) is 17.5. The number of nitrogens with zero attached hydrogens (tertiary/aromatic N) is 5. The van der Waals surface area contributed by atoms with E-state index in [1.54, 1.807) is 0 Å². The standard InChI is InChI=1S/C46H27N5O2/c1-2-11-28(12-3-1)43-48-44(50-45(49-43)36-16-10-15-35-34-14-5-8-19-40(34)52-42(35)36)29-21-24-31(25-22-29)51-38-18-7-4-13-32(38)33-26-23-30(27-39(33)51)46-47-37-17-6-9-20-41(37)53-46/h1-27H.